The zero-order valence-corrected chi connectivity index (χ0v) is 6.80. The lowest BCUT2D eigenvalue weighted by atomic mass is 10.4. The van der Waals surface area contributed by atoms with E-state index in [0.717, 1.165) is 0 Å². The van der Waals surface area contributed by atoms with Crippen LogP contribution in [0, 0.1) is 0 Å². The first kappa shape index (κ1) is 8.21. The van der Waals surface area contributed by atoms with E-state index < -0.39 is 6.10 Å². The summed E-state index contributed by atoms with van der Waals surface area (Å²) in [4.78, 5) is 22.5. The van der Waals surface area contributed by atoms with Crippen molar-refractivity contribution in [1.82, 2.24) is 9.97 Å². The largest absolute Gasteiger partial charge is 0.389 e. The molecule has 2 heterocycles. The Labute approximate surface area is 73.7 Å². The summed E-state index contributed by atoms with van der Waals surface area (Å²) in [6.45, 7) is 0.482. The van der Waals surface area contributed by atoms with Crippen molar-refractivity contribution in [2.24, 2.45) is 0 Å². The highest BCUT2D eigenvalue weighted by Gasteiger charge is 2.24. The SMILES string of the molecule is O=c1[nH]ccnc1N1CC(O)CO1. The zero-order chi connectivity index (χ0) is 9.26. The van der Waals surface area contributed by atoms with Gasteiger partial charge in [0.25, 0.3) is 5.56 Å². The number of anilines is 1. The Morgan fingerprint density at radius 1 is 1.77 bits per heavy atom. The molecule has 2 N–H and O–H groups in total. The van der Waals surface area contributed by atoms with E-state index in [1.165, 1.54) is 17.5 Å². The first-order valence-electron chi connectivity index (χ1n) is 3.89. The van der Waals surface area contributed by atoms with Crippen LogP contribution in [0.3, 0.4) is 0 Å². The van der Waals surface area contributed by atoms with Crippen molar-refractivity contribution >= 4 is 5.82 Å². The lowest BCUT2D eigenvalue weighted by molar-refractivity contribution is 0.115. The first-order chi connectivity index (χ1) is 6.27. The molecule has 0 aromatic carbocycles. The van der Waals surface area contributed by atoms with Gasteiger partial charge in [-0.1, -0.05) is 0 Å². The Hall–Kier alpha value is -1.40. The molecule has 1 atom stereocenters. The van der Waals surface area contributed by atoms with E-state index in [2.05, 4.69) is 9.97 Å². The normalized spacial score (nSPS) is 22.2. The fourth-order valence-electron chi connectivity index (χ4n) is 1.14. The molecule has 1 unspecified atom stereocenters. The van der Waals surface area contributed by atoms with Gasteiger partial charge in [-0.3, -0.25) is 9.63 Å². The quantitative estimate of drug-likeness (QED) is 0.576. The van der Waals surface area contributed by atoms with E-state index >= 15 is 0 Å². The summed E-state index contributed by atoms with van der Waals surface area (Å²) in [6, 6.07) is 0. The predicted octanol–water partition coefficient (Wildman–Crippen LogP) is -1.12. The lowest BCUT2D eigenvalue weighted by Crippen LogP contribution is -2.27. The van der Waals surface area contributed by atoms with Gasteiger partial charge in [-0.25, -0.2) is 10.0 Å². The Balaban J connectivity index is 2.26. The molecule has 13 heavy (non-hydrogen) atoms. The number of rotatable bonds is 1. The molecule has 1 aromatic heterocycles. The third-order valence-corrected chi connectivity index (χ3v) is 1.72. The highest BCUT2D eigenvalue weighted by Crippen LogP contribution is 2.10. The lowest BCUT2D eigenvalue weighted by Gasteiger charge is -2.12. The number of hydroxylamine groups is 1. The third kappa shape index (κ3) is 1.53. The standard InChI is InChI=1S/C7H9N3O3/c11-5-3-10(13-4-5)6-7(12)9-2-1-8-6/h1-2,5,11H,3-4H2,(H,9,12). The van der Waals surface area contributed by atoms with Gasteiger partial charge in [-0.05, 0) is 0 Å². The van der Waals surface area contributed by atoms with Gasteiger partial charge < -0.3 is 10.1 Å². The van der Waals surface area contributed by atoms with Gasteiger partial charge in [0.1, 0.15) is 6.61 Å². The summed E-state index contributed by atoms with van der Waals surface area (Å²) in [5, 5.41) is 10.4. The summed E-state index contributed by atoms with van der Waals surface area (Å²) < 4.78 is 0. The second-order valence-corrected chi connectivity index (χ2v) is 2.75. The van der Waals surface area contributed by atoms with Gasteiger partial charge in [0.05, 0.1) is 12.6 Å². The Morgan fingerprint density at radius 3 is 3.23 bits per heavy atom. The number of hydrogen-bond donors (Lipinski definition) is 2. The van der Waals surface area contributed by atoms with Crippen LogP contribution in [0.25, 0.3) is 0 Å². The molecule has 0 bridgehead atoms. The highest BCUT2D eigenvalue weighted by molar-refractivity contribution is 5.32. The predicted molar refractivity (Wildman–Crippen MR) is 44.2 cm³/mol. The van der Waals surface area contributed by atoms with E-state index in [9.17, 15) is 4.79 Å². The average molecular weight is 183 g/mol. The van der Waals surface area contributed by atoms with Crippen LogP contribution in [0.5, 0.6) is 0 Å². The number of hydrogen-bond acceptors (Lipinski definition) is 5. The molecule has 6 heteroatoms. The number of H-pyrrole nitrogens is 1. The van der Waals surface area contributed by atoms with Crippen molar-refractivity contribution < 1.29 is 9.94 Å². The van der Waals surface area contributed by atoms with Gasteiger partial charge in [0, 0.05) is 12.4 Å². The monoisotopic (exact) mass is 183 g/mol. The molecule has 1 aliphatic rings. The van der Waals surface area contributed by atoms with Gasteiger partial charge in [0.15, 0.2) is 0 Å². The van der Waals surface area contributed by atoms with Crippen molar-refractivity contribution in [3.05, 3.63) is 22.7 Å². The van der Waals surface area contributed by atoms with E-state index in [0.29, 0.717) is 0 Å². The summed E-state index contributed by atoms with van der Waals surface area (Å²) in [6.07, 6.45) is 2.35. The second kappa shape index (κ2) is 3.15. The number of nitrogens with one attached hydrogen (secondary N) is 1. The number of aromatic nitrogens is 2. The summed E-state index contributed by atoms with van der Waals surface area (Å²) in [5.74, 6) is 0.180. The van der Waals surface area contributed by atoms with Crippen molar-refractivity contribution in [1.29, 1.82) is 0 Å². The van der Waals surface area contributed by atoms with Crippen LogP contribution in [0.2, 0.25) is 0 Å². The van der Waals surface area contributed by atoms with Gasteiger partial charge >= 0.3 is 0 Å². The maximum atomic E-state index is 11.2. The molecular weight excluding hydrogens is 174 g/mol. The maximum absolute atomic E-state index is 11.2. The third-order valence-electron chi connectivity index (χ3n) is 1.72. The van der Waals surface area contributed by atoms with Gasteiger partial charge in [0.2, 0.25) is 5.82 Å². The Kier molecular flexibility index (Phi) is 1.99. The number of aliphatic hydroxyl groups is 1. The molecule has 6 nitrogen and oxygen atoms in total. The molecule has 0 amide bonds. The smallest absolute Gasteiger partial charge is 0.293 e. The molecule has 1 aromatic rings. The molecular formula is C7H9N3O3. The molecule has 0 aliphatic carbocycles. The molecule has 1 fully saturated rings. The van der Waals surface area contributed by atoms with Crippen molar-refractivity contribution in [3.63, 3.8) is 0 Å². The van der Waals surface area contributed by atoms with Crippen molar-refractivity contribution in [2.45, 2.75) is 6.10 Å². The second-order valence-electron chi connectivity index (χ2n) is 2.75. The van der Waals surface area contributed by atoms with Gasteiger partial charge in [-0.15, -0.1) is 0 Å². The summed E-state index contributed by atoms with van der Waals surface area (Å²) in [5.41, 5.74) is -0.323. The van der Waals surface area contributed by atoms with E-state index in [1.807, 2.05) is 0 Å². The fraction of sp³-hybridized carbons (Fsp3) is 0.429. The van der Waals surface area contributed by atoms with E-state index in [1.54, 1.807) is 0 Å². The number of β-amino-alcohol motifs (C(OH)–C–C–N with tert-alkyl or cyclic N) is 1. The van der Waals surface area contributed by atoms with Crippen LogP contribution in [0.1, 0.15) is 0 Å². The van der Waals surface area contributed by atoms with E-state index in [-0.39, 0.29) is 24.5 Å². The summed E-state index contributed by atoms with van der Waals surface area (Å²) >= 11 is 0. The minimum absolute atomic E-state index is 0.180. The molecule has 0 saturated carbocycles. The van der Waals surface area contributed by atoms with Crippen LogP contribution < -0.4 is 10.6 Å². The van der Waals surface area contributed by atoms with Crippen LogP contribution in [-0.4, -0.2) is 34.3 Å². The van der Waals surface area contributed by atoms with Gasteiger partial charge in [-0.2, -0.15) is 0 Å². The Bertz CT molecular complexity index is 351. The first-order valence-corrected chi connectivity index (χ1v) is 3.89. The van der Waals surface area contributed by atoms with Crippen molar-refractivity contribution in [3.8, 4) is 0 Å². The van der Waals surface area contributed by atoms with Crippen LogP contribution in [0.15, 0.2) is 17.2 Å². The summed E-state index contributed by atoms with van der Waals surface area (Å²) in [7, 11) is 0. The molecule has 0 radical (unpaired) electrons. The highest BCUT2D eigenvalue weighted by atomic mass is 16.7. The number of aromatic amines is 1. The fourth-order valence-corrected chi connectivity index (χ4v) is 1.14. The molecule has 1 aliphatic heterocycles. The molecule has 70 valence electrons. The number of nitrogens with zero attached hydrogens (tertiary/aromatic N) is 2. The van der Waals surface area contributed by atoms with Crippen molar-refractivity contribution in [2.75, 3.05) is 18.2 Å². The van der Waals surface area contributed by atoms with Crippen LogP contribution in [0.4, 0.5) is 5.82 Å². The molecule has 2 rings (SSSR count). The zero-order valence-electron chi connectivity index (χ0n) is 6.80. The van der Waals surface area contributed by atoms with E-state index in [4.69, 9.17) is 9.94 Å². The minimum atomic E-state index is -0.554. The number of aliphatic hydroxyl groups excluding tert-OH is 1. The average Bonchev–Trinajstić information content (AvgIpc) is 2.53. The Morgan fingerprint density at radius 2 is 2.62 bits per heavy atom. The topological polar surface area (TPSA) is 78.5 Å². The maximum Gasteiger partial charge on any atom is 0.293 e. The minimum Gasteiger partial charge on any atom is -0.389 e. The molecule has 1 saturated heterocycles. The molecule has 0 spiro atoms. The van der Waals surface area contributed by atoms with Crippen LogP contribution in [-0.2, 0) is 4.84 Å². The van der Waals surface area contributed by atoms with Crippen LogP contribution >= 0.6 is 0 Å².